The number of nitrogens with zero attached hydrogens (tertiary/aromatic N) is 2. The molecule has 1 aliphatic rings. The molecule has 8 heteroatoms. The first-order valence-electron chi connectivity index (χ1n) is 8.71. The number of hydrogen-bond acceptors (Lipinski definition) is 4. The van der Waals surface area contributed by atoms with Crippen LogP contribution in [0.15, 0.2) is 30.5 Å². The molecule has 0 amide bonds. The molecule has 0 unspecified atom stereocenters. The number of pyridine rings is 1. The Morgan fingerprint density at radius 1 is 1.37 bits per heavy atom. The number of benzene rings is 1. The lowest BCUT2D eigenvalue weighted by molar-refractivity contribution is -0.150. The van der Waals surface area contributed by atoms with Crippen LogP contribution in [0.5, 0.6) is 0 Å². The third kappa shape index (κ3) is 3.71. The average Bonchev–Trinajstić information content (AvgIpc) is 2.64. The Balaban J connectivity index is 2.03. The van der Waals surface area contributed by atoms with E-state index < -0.39 is 23.1 Å². The zero-order chi connectivity index (χ0) is 19.7. The van der Waals surface area contributed by atoms with Crippen LogP contribution in [0.4, 0.5) is 18.9 Å². The third-order valence-electron chi connectivity index (χ3n) is 5.21. The topological polar surface area (TPSA) is 62.7 Å². The van der Waals surface area contributed by atoms with E-state index in [9.17, 15) is 23.1 Å². The van der Waals surface area contributed by atoms with Gasteiger partial charge in [0, 0.05) is 44.1 Å². The Labute approximate surface area is 154 Å². The number of ether oxygens (including phenoxy) is 1. The number of carbonyl (C=O) groups is 1. The van der Waals surface area contributed by atoms with Crippen molar-refractivity contribution >= 4 is 22.6 Å². The Morgan fingerprint density at radius 2 is 2.15 bits per heavy atom. The summed E-state index contributed by atoms with van der Waals surface area (Å²) in [4.78, 5) is 17.8. The summed E-state index contributed by atoms with van der Waals surface area (Å²) >= 11 is 0. The Morgan fingerprint density at radius 3 is 2.81 bits per heavy atom. The van der Waals surface area contributed by atoms with Gasteiger partial charge in [0.25, 0.3) is 0 Å². The summed E-state index contributed by atoms with van der Waals surface area (Å²) < 4.78 is 45.0. The molecule has 3 rings (SSSR count). The van der Waals surface area contributed by atoms with Gasteiger partial charge in [-0.15, -0.1) is 0 Å². The van der Waals surface area contributed by atoms with Gasteiger partial charge in [-0.25, -0.2) is 0 Å². The molecule has 2 aromatic rings. The zero-order valence-electron chi connectivity index (χ0n) is 14.9. The number of hydrogen-bond donors (Lipinski definition) is 1. The van der Waals surface area contributed by atoms with Crippen LogP contribution in [-0.2, 0) is 15.7 Å². The third-order valence-corrected chi connectivity index (χ3v) is 5.21. The number of piperidine rings is 1. The predicted octanol–water partition coefficient (Wildman–Crippen LogP) is 3.96. The second kappa shape index (κ2) is 7.34. The number of para-hydroxylation sites is 1. The Bertz CT molecular complexity index is 841. The van der Waals surface area contributed by atoms with Crippen LogP contribution in [0.1, 0.15) is 24.8 Å². The van der Waals surface area contributed by atoms with E-state index in [2.05, 4.69) is 4.98 Å². The number of rotatable bonds is 5. The molecule has 27 heavy (non-hydrogen) atoms. The van der Waals surface area contributed by atoms with E-state index in [4.69, 9.17) is 4.74 Å². The number of carboxylic acids is 1. The highest BCUT2D eigenvalue weighted by atomic mass is 19.4. The van der Waals surface area contributed by atoms with Crippen molar-refractivity contribution in [2.24, 2.45) is 5.41 Å². The van der Waals surface area contributed by atoms with Crippen LogP contribution in [0, 0.1) is 5.41 Å². The van der Waals surface area contributed by atoms with Crippen molar-refractivity contribution in [1.82, 2.24) is 4.98 Å². The van der Waals surface area contributed by atoms with Crippen LogP contribution in [0.3, 0.4) is 0 Å². The number of carboxylic acid groups (broad SMARTS) is 1. The minimum absolute atomic E-state index is 0.120. The minimum atomic E-state index is -4.50. The molecule has 0 bridgehead atoms. The summed E-state index contributed by atoms with van der Waals surface area (Å²) in [6.07, 6.45) is -1.65. The number of methoxy groups -OCH3 is 1. The molecule has 2 heterocycles. The summed E-state index contributed by atoms with van der Waals surface area (Å²) in [5.74, 6) is -0.904. The molecule has 1 atom stereocenters. The highest BCUT2D eigenvalue weighted by Crippen LogP contribution is 2.40. The maximum absolute atomic E-state index is 13.3. The largest absolute Gasteiger partial charge is 0.481 e. The van der Waals surface area contributed by atoms with Gasteiger partial charge < -0.3 is 14.7 Å². The minimum Gasteiger partial charge on any atom is -0.481 e. The van der Waals surface area contributed by atoms with Crippen molar-refractivity contribution in [2.45, 2.75) is 25.4 Å². The summed E-state index contributed by atoms with van der Waals surface area (Å²) in [6.45, 7) is 1.12. The van der Waals surface area contributed by atoms with Crippen LogP contribution in [0.2, 0.25) is 0 Å². The molecule has 146 valence electrons. The Kier molecular flexibility index (Phi) is 5.28. The van der Waals surface area contributed by atoms with Crippen molar-refractivity contribution in [3.05, 3.63) is 36.0 Å². The highest BCUT2D eigenvalue weighted by molar-refractivity contribution is 5.94. The summed E-state index contributed by atoms with van der Waals surface area (Å²) in [6, 6.07) is 5.61. The quantitative estimate of drug-likeness (QED) is 0.848. The van der Waals surface area contributed by atoms with Crippen molar-refractivity contribution in [1.29, 1.82) is 0 Å². The number of anilines is 1. The Hall–Kier alpha value is -2.35. The van der Waals surface area contributed by atoms with E-state index in [-0.39, 0.29) is 12.1 Å². The van der Waals surface area contributed by atoms with Crippen LogP contribution in [0.25, 0.3) is 10.9 Å². The SMILES string of the molecule is COCC[C@]1(C(=O)O)CCCN(c2ccnc3c(C(F)(F)F)cccc23)C1. The van der Waals surface area contributed by atoms with E-state index in [1.165, 1.54) is 19.4 Å². The number of fused-ring (bicyclic) bond motifs is 1. The zero-order valence-corrected chi connectivity index (χ0v) is 14.9. The molecule has 1 aromatic carbocycles. The van der Waals surface area contributed by atoms with Gasteiger partial charge in [0.15, 0.2) is 0 Å². The molecule has 0 spiro atoms. The molecule has 5 nitrogen and oxygen atoms in total. The van der Waals surface area contributed by atoms with Gasteiger partial charge in [0.1, 0.15) is 0 Å². The molecule has 0 aliphatic carbocycles. The maximum Gasteiger partial charge on any atom is 0.418 e. The first kappa shape index (κ1) is 19.4. The monoisotopic (exact) mass is 382 g/mol. The second-order valence-electron chi connectivity index (χ2n) is 6.88. The van der Waals surface area contributed by atoms with Crippen molar-refractivity contribution in [3.63, 3.8) is 0 Å². The van der Waals surface area contributed by atoms with E-state index in [1.54, 1.807) is 12.1 Å². The molecule has 1 N–H and O–H groups in total. The second-order valence-corrected chi connectivity index (χ2v) is 6.88. The number of aromatic nitrogens is 1. The molecule has 1 fully saturated rings. The van der Waals surface area contributed by atoms with Gasteiger partial charge >= 0.3 is 12.1 Å². The summed E-state index contributed by atoms with van der Waals surface area (Å²) in [5, 5.41) is 10.2. The smallest absolute Gasteiger partial charge is 0.418 e. The standard InChI is InChI=1S/C19H21F3N2O3/c1-27-11-8-18(17(25)26)7-3-10-24(12-18)15-6-9-23-16-13(15)4-2-5-14(16)19(20,21)22/h2,4-6,9H,3,7-8,10-12H2,1H3,(H,25,26)/t18-/m1/s1. The predicted molar refractivity (Wildman–Crippen MR) is 94.8 cm³/mol. The lowest BCUT2D eigenvalue weighted by Crippen LogP contribution is -2.48. The molecule has 0 radical (unpaired) electrons. The van der Waals surface area contributed by atoms with E-state index in [0.29, 0.717) is 43.5 Å². The van der Waals surface area contributed by atoms with E-state index in [0.717, 1.165) is 6.07 Å². The van der Waals surface area contributed by atoms with Crippen molar-refractivity contribution < 1.29 is 27.8 Å². The van der Waals surface area contributed by atoms with Gasteiger partial charge in [0.05, 0.1) is 16.5 Å². The number of halogens is 3. The average molecular weight is 382 g/mol. The van der Waals surface area contributed by atoms with Gasteiger partial charge in [-0.3, -0.25) is 9.78 Å². The number of aliphatic carboxylic acids is 1. The normalized spacial score (nSPS) is 20.8. The van der Waals surface area contributed by atoms with Gasteiger partial charge in [0.2, 0.25) is 0 Å². The highest BCUT2D eigenvalue weighted by Gasteiger charge is 2.42. The molecule has 1 aliphatic heterocycles. The molecule has 1 aromatic heterocycles. The van der Waals surface area contributed by atoms with Crippen molar-refractivity contribution in [3.8, 4) is 0 Å². The van der Waals surface area contributed by atoms with Crippen LogP contribution < -0.4 is 4.90 Å². The van der Waals surface area contributed by atoms with Gasteiger partial charge in [-0.2, -0.15) is 13.2 Å². The van der Waals surface area contributed by atoms with Gasteiger partial charge in [-0.05, 0) is 31.4 Å². The fourth-order valence-corrected chi connectivity index (χ4v) is 3.79. The summed E-state index contributed by atoms with van der Waals surface area (Å²) in [5.41, 5.74) is -1.31. The fourth-order valence-electron chi connectivity index (χ4n) is 3.79. The van der Waals surface area contributed by atoms with Crippen LogP contribution in [-0.4, -0.2) is 42.9 Å². The lowest BCUT2D eigenvalue weighted by atomic mass is 9.77. The fraction of sp³-hybridized carbons (Fsp3) is 0.474. The summed E-state index contributed by atoms with van der Waals surface area (Å²) in [7, 11) is 1.52. The first-order valence-corrected chi connectivity index (χ1v) is 8.71. The van der Waals surface area contributed by atoms with Crippen LogP contribution >= 0.6 is 0 Å². The maximum atomic E-state index is 13.3. The molecular weight excluding hydrogens is 361 g/mol. The lowest BCUT2D eigenvalue weighted by Gasteiger charge is -2.41. The van der Waals surface area contributed by atoms with Crippen molar-refractivity contribution in [2.75, 3.05) is 31.7 Å². The number of alkyl halides is 3. The molecule has 0 saturated carbocycles. The molecular formula is C19H21F3N2O3. The van der Waals surface area contributed by atoms with Gasteiger partial charge in [-0.1, -0.05) is 12.1 Å². The van der Waals surface area contributed by atoms with E-state index >= 15 is 0 Å². The molecule has 1 saturated heterocycles. The van der Waals surface area contributed by atoms with E-state index in [1.807, 2.05) is 4.90 Å². The first-order chi connectivity index (χ1) is 12.8.